The molecule has 2 aromatic rings. The Balaban J connectivity index is 1.62. The number of carbonyl (C=O) groups is 2. The van der Waals surface area contributed by atoms with E-state index in [-0.39, 0.29) is 24.1 Å². The Morgan fingerprint density at radius 1 is 1.24 bits per heavy atom. The summed E-state index contributed by atoms with van der Waals surface area (Å²) in [6.07, 6.45) is 2.36. The number of pyridine rings is 1. The number of halogens is 1. The number of rotatable bonds is 4. The fourth-order valence-electron chi connectivity index (χ4n) is 2.69. The summed E-state index contributed by atoms with van der Waals surface area (Å²) in [7, 11) is 0. The van der Waals surface area contributed by atoms with Gasteiger partial charge in [0.25, 0.3) is 5.91 Å². The third kappa shape index (κ3) is 3.76. The summed E-state index contributed by atoms with van der Waals surface area (Å²) in [6, 6.07) is 9.46. The number of hydrogen-bond acceptors (Lipinski definition) is 4. The SMILES string of the molecule is CC(Oc1ccccc1F)C(=O)N1CCN(c2cccnc2)C(=O)C1. The molecular weight excluding hydrogens is 325 g/mol. The van der Waals surface area contributed by atoms with Crippen molar-refractivity contribution < 1.29 is 18.7 Å². The van der Waals surface area contributed by atoms with Gasteiger partial charge >= 0.3 is 0 Å². The number of nitrogens with zero attached hydrogens (tertiary/aromatic N) is 3. The van der Waals surface area contributed by atoms with Crippen LogP contribution >= 0.6 is 0 Å². The van der Waals surface area contributed by atoms with E-state index in [1.165, 1.54) is 17.0 Å². The van der Waals surface area contributed by atoms with E-state index >= 15 is 0 Å². The third-order valence-corrected chi connectivity index (χ3v) is 3.98. The first-order valence-electron chi connectivity index (χ1n) is 7.96. The summed E-state index contributed by atoms with van der Waals surface area (Å²) in [5.74, 6) is -1.04. The quantitative estimate of drug-likeness (QED) is 0.850. The van der Waals surface area contributed by atoms with Crippen molar-refractivity contribution in [2.45, 2.75) is 13.0 Å². The zero-order chi connectivity index (χ0) is 17.8. The molecule has 6 nitrogen and oxygen atoms in total. The van der Waals surface area contributed by atoms with Crippen LogP contribution in [0.15, 0.2) is 48.8 Å². The smallest absolute Gasteiger partial charge is 0.263 e. The summed E-state index contributed by atoms with van der Waals surface area (Å²) < 4.78 is 19.0. The molecule has 7 heteroatoms. The minimum atomic E-state index is -0.880. The molecular formula is C18H18FN3O3. The number of benzene rings is 1. The lowest BCUT2D eigenvalue weighted by Crippen LogP contribution is -2.55. The number of ether oxygens (including phenoxy) is 1. The molecule has 0 N–H and O–H groups in total. The molecule has 25 heavy (non-hydrogen) atoms. The average Bonchev–Trinajstić information content (AvgIpc) is 2.63. The Morgan fingerprint density at radius 3 is 2.72 bits per heavy atom. The van der Waals surface area contributed by atoms with E-state index < -0.39 is 11.9 Å². The molecule has 0 bridgehead atoms. The predicted octanol–water partition coefficient (Wildman–Crippen LogP) is 1.86. The topological polar surface area (TPSA) is 62.7 Å². The fourth-order valence-corrected chi connectivity index (χ4v) is 2.69. The summed E-state index contributed by atoms with van der Waals surface area (Å²) in [6.45, 7) is 2.26. The van der Waals surface area contributed by atoms with E-state index in [2.05, 4.69) is 4.98 Å². The van der Waals surface area contributed by atoms with Gasteiger partial charge in [-0.15, -0.1) is 0 Å². The number of piperazine rings is 1. The summed E-state index contributed by atoms with van der Waals surface area (Å²) >= 11 is 0. The van der Waals surface area contributed by atoms with Crippen molar-refractivity contribution >= 4 is 17.5 Å². The number of carbonyl (C=O) groups excluding carboxylic acids is 2. The Bertz CT molecular complexity index is 769. The van der Waals surface area contributed by atoms with Gasteiger partial charge in [-0.1, -0.05) is 12.1 Å². The fraction of sp³-hybridized carbons (Fsp3) is 0.278. The first-order chi connectivity index (χ1) is 12.1. The number of anilines is 1. The van der Waals surface area contributed by atoms with Crippen LogP contribution in [0.2, 0.25) is 0 Å². The van der Waals surface area contributed by atoms with Gasteiger partial charge in [-0.2, -0.15) is 0 Å². The first-order valence-corrected chi connectivity index (χ1v) is 7.96. The van der Waals surface area contributed by atoms with Crippen LogP contribution in [0, 0.1) is 5.82 Å². The van der Waals surface area contributed by atoms with Gasteiger partial charge < -0.3 is 14.5 Å². The maximum absolute atomic E-state index is 13.6. The van der Waals surface area contributed by atoms with Crippen molar-refractivity contribution in [2.24, 2.45) is 0 Å². The number of amides is 2. The van der Waals surface area contributed by atoms with Gasteiger partial charge in [0, 0.05) is 19.3 Å². The highest BCUT2D eigenvalue weighted by Gasteiger charge is 2.31. The van der Waals surface area contributed by atoms with Crippen LogP contribution in [0.25, 0.3) is 0 Å². The number of para-hydroxylation sites is 1. The van der Waals surface area contributed by atoms with Crippen molar-refractivity contribution in [3.63, 3.8) is 0 Å². The molecule has 0 saturated carbocycles. The average molecular weight is 343 g/mol. The van der Waals surface area contributed by atoms with E-state index in [9.17, 15) is 14.0 Å². The molecule has 1 unspecified atom stereocenters. The van der Waals surface area contributed by atoms with Crippen LogP contribution in [0.3, 0.4) is 0 Å². The van der Waals surface area contributed by atoms with Gasteiger partial charge in [-0.05, 0) is 31.2 Å². The molecule has 2 heterocycles. The van der Waals surface area contributed by atoms with E-state index in [0.717, 1.165) is 0 Å². The van der Waals surface area contributed by atoms with Crippen LogP contribution in [0.5, 0.6) is 5.75 Å². The lowest BCUT2D eigenvalue weighted by Gasteiger charge is -2.35. The lowest BCUT2D eigenvalue weighted by atomic mass is 10.2. The molecule has 1 aromatic carbocycles. The van der Waals surface area contributed by atoms with Crippen molar-refractivity contribution in [2.75, 3.05) is 24.5 Å². The molecule has 0 aliphatic carbocycles. The normalized spacial score (nSPS) is 15.8. The maximum Gasteiger partial charge on any atom is 0.263 e. The van der Waals surface area contributed by atoms with Crippen LogP contribution < -0.4 is 9.64 Å². The van der Waals surface area contributed by atoms with E-state index in [4.69, 9.17) is 4.74 Å². The summed E-state index contributed by atoms with van der Waals surface area (Å²) in [5.41, 5.74) is 0.704. The van der Waals surface area contributed by atoms with Crippen LogP contribution in [-0.4, -0.2) is 47.4 Å². The molecule has 0 spiro atoms. The van der Waals surface area contributed by atoms with Crippen molar-refractivity contribution in [3.05, 3.63) is 54.6 Å². The number of aromatic nitrogens is 1. The molecule has 1 fully saturated rings. The minimum absolute atomic E-state index is 0.0173. The van der Waals surface area contributed by atoms with Crippen LogP contribution in [0.4, 0.5) is 10.1 Å². The summed E-state index contributed by atoms with van der Waals surface area (Å²) in [5, 5.41) is 0. The Labute approximate surface area is 144 Å². The molecule has 1 aromatic heterocycles. The van der Waals surface area contributed by atoms with Crippen molar-refractivity contribution in [1.82, 2.24) is 9.88 Å². The first kappa shape index (κ1) is 16.9. The van der Waals surface area contributed by atoms with Crippen LogP contribution in [-0.2, 0) is 9.59 Å². The lowest BCUT2D eigenvalue weighted by molar-refractivity contribution is -0.142. The second-order valence-electron chi connectivity index (χ2n) is 5.71. The molecule has 3 rings (SSSR count). The van der Waals surface area contributed by atoms with Gasteiger partial charge in [-0.3, -0.25) is 14.6 Å². The number of hydrogen-bond donors (Lipinski definition) is 0. The second-order valence-corrected chi connectivity index (χ2v) is 5.71. The highest BCUT2D eigenvalue weighted by Crippen LogP contribution is 2.19. The molecule has 1 saturated heterocycles. The van der Waals surface area contributed by atoms with Gasteiger partial charge in [0.1, 0.15) is 6.54 Å². The van der Waals surface area contributed by atoms with Gasteiger partial charge in [0.2, 0.25) is 5.91 Å². The minimum Gasteiger partial charge on any atom is -0.478 e. The van der Waals surface area contributed by atoms with Crippen molar-refractivity contribution in [1.29, 1.82) is 0 Å². The molecule has 1 aliphatic rings. The van der Waals surface area contributed by atoms with Gasteiger partial charge in [-0.25, -0.2) is 4.39 Å². The Hall–Kier alpha value is -2.96. The highest BCUT2D eigenvalue weighted by atomic mass is 19.1. The van der Waals surface area contributed by atoms with Crippen molar-refractivity contribution in [3.8, 4) is 5.75 Å². The predicted molar refractivity (Wildman–Crippen MR) is 89.7 cm³/mol. The monoisotopic (exact) mass is 343 g/mol. The van der Waals surface area contributed by atoms with Crippen LogP contribution in [0.1, 0.15) is 6.92 Å². The molecule has 2 amide bonds. The second kappa shape index (κ2) is 7.29. The Kier molecular flexibility index (Phi) is 4.92. The maximum atomic E-state index is 13.6. The van der Waals surface area contributed by atoms with Gasteiger partial charge in [0.05, 0.1) is 11.9 Å². The molecule has 1 aliphatic heterocycles. The molecule has 1 atom stereocenters. The Morgan fingerprint density at radius 2 is 2.04 bits per heavy atom. The standard InChI is InChI=1S/C18H18FN3O3/c1-13(25-16-7-3-2-6-15(16)19)18(24)21-9-10-22(17(23)12-21)14-5-4-8-20-11-14/h2-8,11,13H,9-10,12H2,1H3. The largest absolute Gasteiger partial charge is 0.478 e. The molecule has 130 valence electrons. The van der Waals surface area contributed by atoms with E-state index in [0.29, 0.717) is 18.8 Å². The molecule has 0 radical (unpaired) electrons. The van der Waals surface area contributed by atoms with E-state index in [1.807, 2.05) is 0 Å². The summed E-state index contributed by atoms with van der Waals surface area (Å²) in [4.78, 5) is 31.9. The highest BCUT2D eigenvalue weighted by molar-refractivity contribution is 5.98. The zero-order valence-electron chi connectivity index (χ0n) is 13.8. The van der Waals surface area contributed by atoms with Gasteiger partial charge in [0.15, 0.2) is 17.7 Å². The third-order valence-electron chi connectivity index (χ3n) is 3.98. The van der Waals surface area contributed by atoms with E-state index in [1.54, 1.807) is 48.5 Å². The zero-order valence-corrected chi connectivity index (χ0v) is 13.8.